The van der Waals surface area contributed by atoms with Crippen molar-refractivity contribution in [1.29, 1.82) is 0 Å². The smallest absolute Gasteiger partial charge is 0.247 e. The number of benzene rings is 2. The maximum absolute atomic E-state index is 13.0. The number of hydrogen-bond acceptors (Lipinski definition) is 6. The zero-order chi connectivity index (χ0) is 20.4. The van der Waals surface area contributed by atoms with Crippen LogP contribution in [-0.4, -0.2) is 27.3 Å². The fourth-order valence-corrected chi connectivity index (χ4v) is 3.67. The summed E-state index contributed by atoms with van der Waals surface area (Å²) in [6, 6.07) is 15.8. The first-order valence-corrected chi connectivity index (χ1v) is 10.8. The number of carbonyl (C=O) groups excluding carboxylic acids is 1. The molecule has 7 heteroatoms. The number of aromatic nitrogens is 3. The topological polar surface area (TPSA) is 68.2 Å². The molecule has 0 radical (unpaired) electrons. The Kier molecular flexibility index (Phi) is 5.49. The lowest BCUT2D eigenvalue weighted by Crippen LogP contribution is -2.37. The third kappa shape index (κ3) is 3.58. The molecule has 29 heavy (non-hydrogen) atoms. The molecule has 0 fully saturated rings. The highest BCUT2D eigenvalue weighted by Crippen LogP contribution is 2.43. The highest BCUT2D eigenvalue weighted by atomic mass is 32.2. The Morgan fingerprint density at radius 3 is 2.55 bits per heavy atom. The summed E-state index contributed by atoms with van der Waals surface area (Å²) in [6.07, 6.45) is 2.56. The quantitative estimate of drug-likeness (QED) is 0.587. The van der Waals surface area contributed by atoms with E-state index in [1.54, 1.807) is 4.90 Å². The van der Waals surface area contributed by atoms with Gasteiger partial charge in [0.15, 0.2) is 5.69 Å². The Hall–Kier alpha value is -2.93. The Bertz CT molecular complexity index is 1040. The molecule has 1 aliphatic heterocycles. The summed E-state index contributed by atoms with van der Waals surface area (Å²) in [5.74, 6) is 0.348. The van der Waals surface area contributed by atoms with Crippen LogP contribution >= 0.6 is 11.8 Å². The van der Waals surface area contributed by atoms with E-state index in [9.17, 15) is 4.79 Å². The number of rotatable bonds is 4. The minimum atomic E-state index is -0.637. The Balaban J connectivity index is 1.94. The van der Waals surface area contributed by atoms with Crippen molar-refractivity contribution in [3.8, 4) is 17.1 Å². The molecule has 0 spiro atoms. The molecule has 1 amide bonds. The second kappa shape index (κ2) is 8.21. The molecule has 1 aromatic heterocycles. The predicted molar refractivity (Wildman–Crippen MR) is 114 cm³/mol. The van der Waals surface area contributed by atoms with Gasteiger partial charge in [-0.3, -0.25) is 9.69 Å². The van der Waals surface area contributed by atoms with Gasteiger partial charge < -0.3 is 4.74 Å². The second-order valence-corrected chi connectivity index (χ2v) is 7.43. The van der Waals surface area contributed by atoms with Gasteiger partial charge in [-0.05, 0) is 24.3 Å². The van der Waals surface area contributed by atoms with Crippen molar-refractivity contribution in [3.63, 3.8) is 0 Å². The van der Waals surface area contributed by atoms with Crippen LogP contribution in [0.3, 0.4) is 0 Å². The number of anilines is 1. The van der Waals surface area contributed by atoms with E-state index in [2.05, 4.69) is 34.2 Å². The number of aryl methyl sites for hydroxylation is 1. The monoisotopic (exact) mass is 406 g/mol. The van der Waals surface area contributed by atoms with Crippen LogP contribution < -0.4 is 9.64 Å². The minimum absolute atomic E-state index is 0.0344. The number of amides is 1. The van der Waals surface area contributed by atoms with Gasteiger partial charge in [-0.2, -0.15) is 4.98 Å². The summed E-state index contributed by atoms with van der Waals surface area (Å²) in [6.45, 7) is 3.97. The van der Waals surface area contributed by atoms with Crippen molar-refractivity contribution < 1.29 is 9.53 Å². The standard InChI is InChI=1S/C22H22N4O2S/c1-4-14-10-12-15(13-11-14)21-26(18(27)5-2)17-9-7-6-8-16(17)19-20(28-21)23-22(29-3)25-24-19/h6-13,21H,4-5H2,1-3H3/t21-/m1/s1. The molecule has 1 aliphatic rings. The van der Waals surface area contributed by atoms with Gasteiger partial charge in [0.05, 0.1) is 5.69 Å². The lowest BCUT2D eigenvalue weighted by molar-refractivity contribution is -0.120. The highest BCUT2D eigenvalue weighted by Gasteiger charge is 2.35. The van der Waals surface area contributed by atoms with Gasteiger partial charge in [-0.15, -0.1) is 10.2 Å². The molecule has 0 aliphatic carbocycles. The normalized spacial score (nSPS) is 15.1. The van der Waals surface area contributed by atoms with Crippen LogP contribution in [0.4, 0.5) is 5.69 Å². The molecular formula is C22H22N4O2S. The summed E-state index contributed by atoms with van der Waals surface area (Å²) in [5.41, 5.74) is 4.18. The highest BCUT2D eigenvalue weighted by molar-refractivity contribution is 7.98. The molecule has 0 N–H and O–H groups in total. The van der Waals surface area contributed by atoms with Gasteiger partial charge >= 0.3 is 0 Å². The Morgan fingerprint density at radius 1 is 1.10 bits per heavy atom. The number of thioether (sulfide) groups is 1. The SMILES string of the molecule is CCC(=O)N1c2ccccc2-c2nnc(SC)nc2O[C@@H]1c1ccc(CC)cc1. The van der Waals surface area contributed by atoms with E-state index in [-0.39, 0.29) is 5.91 Å². The van der Waals surface area contributed by atoms with Gasteiger partial charge in [0.2, 0.25) is 23.2 Å². The van der Waals surface area contributed by atoms with E-state index in [0.29, 0.717) is 23.2 Å². The molecular weight excluding hydrogens is 384 g/mol. The van der Waals surface area contributed by atoms with Crippen molar-refractivity contribution in [1.82, 2.24) is 15.2 Å². The zero-order valence-corrected chi connectivity index (χ0v) is 17.4. The minimum Gasteiger partial charge on any atom is -0.447 e. The van der Waals surface area contributed by atoms with Crippen LogP contribution in [-0.2, 0) is 11.2 Å². The van der Waals surface area contributed by atoms with Gasteiger partial charge in [-0.1, -0.05) is 68.1 Å². The van der Waals surface area contributed by atoms with Gasteiger partial charge in [0.1, 0.15) is 0 Å². The number of nitrogens with zero attached hydrogens (tertiary/aromatic N) is 4. The average molecular weight is 407 g/mol. The summed E-state index contributed by atoms with van der Waals surface area (Å²) in [7, 11) is 0. The van der Waals surface area contributed by atoms with E-state index in [0.717, 1.165) is 23.2 Å². The maximum atomic E-state index is 13.0. The van der Waals surface area contributed by atoms with Gasteiger partial charge in [0.25, 0.3) is 0 Å². The lowest BCUT2D eigenvalue weighted by Gasteiger charge is -2.30. The zero-order valence-electron chi connectivity index (χ0n) is 16.6. The first kappa shape index (κ1) is 19.4. The maximum Gasteiger partial charge on any atom is 0.247 e. The van der Waals surface area contributed by atoms with E-state index >= 15 is 0 Å². The fourth-order valence-electron chi connectivity index (χ4n) is 3.37. The number of para-hydroxylation sites is 1. The fraction of sp³-hybridized carbons (Fsp3) is 0.273. The van der Waals surface area contributed by atoms with Crippen molar-refractivity contribution in [3.05, 3.63) is 59.7 Å². The molecule has 2 heterocycles. The van der Waals surface area contributed by atoms with Crippen molar-refractivity contribution in [2.45, 2.75) is 38.1 Å². The molecule has 148 valence electrons. The summed E-state index contributed by atoms with van der Waals surface area (Å²) in [4.78, 5) is 19.3. The first-order chi connectivity index (χ1) is 14.2. The van der Waals surface area contributed by atoms with E-state index in [1.165, 1.54) is 17.3 Å². The molecule has 2 aromatic carbocycles. The van der Waals surface area contributed by atoms with Crippen molar-refractivity contribution >= 4 is 23.4 Å². The summed E-state index contributed by atoms with van der Waals surface area (Å²) in [5, 5.41) is 9.07. The van der Waals surface area contributed by atoms with E-state index in [1.807, 2.05) is 49.6 Å². The van der Waals surface area contributed by atoms with Crippen LogP contribution in [0, 0.1) is 0 Å². The molecule has 1 atom stereocenters. The van der Waals surface area contributed by atoms with Crippen LogP contribution in [0.25, 0.3) is 11.3 Å². The summed E-state index contributed by atoms with van der Waals surface area (Å²) < 4.78 is 6.36. The van der Waals surface area contributed by atoms with E-state index in [4.69, 9.17) is 4.74 Å². The molecule has 0 saturated heterocycles. The number of ether oxygens (including phenoxy) is 1. The summed E-state index contributed by atoms with van der Waals surface area (Å²) >= 11 is 1.40. The molecule has 6 nitrogen and oxygen atoms in total. The predicted octanol–water partition coefficient (Wildman–Crippen LogP) is 4.66. The number of carbonyl (C=O) groups is 1. The molecule has 0 unspecified atom stereocenters. The third-order valence-corrected chi connectivity index (χ3v) is 5.48. The average Bonchev–Trinajstić information content (AvgIpc) is 2.92. The number of hydrogen-bond donors (Lipinski definition) is 0. The second-order valence-electron chi connectivity index (χ2n) is 6.65. The van der Waals surface area contributed by atoms with Gasteiger partial charge in [0, 0.05) is 17.5 Å². The molecule has 0 bridgehead atoms. The Morgan fingerprint density at radius 2 is 1.86 bits per heavy atom. The molecule has 3 aromatic rings. The molecule has 0 saturated carbocycles. The van der Waals surface area contributed by atoms with Crippen LogP contribution in [0.1, 0.15) is 37.6 Å². The van der Waals surface area contributed by atoms with Crippen LogP contribution in [0.15, 0.2) is 53.7 Å². The van der Waals surface area contributed by atoms with Gasteiger partial charge in [-0.25, -0.2) is 0 Å². The lowest BCUT2D eigenvalue weighted by atomic mass is 10.1. The largest absolute Gasteiger partial charge is 0.447 e. The van der Waals surface area contributed by atoms with Crippen LogP contribution in [0.2, 0.25) is 0 Å². The van der Waals surface area contributed by atoms with Crippen molar-refractivity contribution in [2.75, 3.05) is 11.2 Å². The van der Waals surface area contributed by atoms with Crippen LogP contribution in [0.5, 0.6) is 5.88 Å². The van der Waals surface area contributed by atoms with E-state index < -0.39 is 6.23 Å². The third-order valence-electron chi connectivity index (χ3n) is 4.94. The first-order valence-electron chi connectivity index (χ1n) is 9.61. The Labute approximate surface area is 174 Å². The molecule has 4 rings (SSSR count). The van der Waals surface area contributed by atoms with Crippen molar-refractivity contribution in [2.24, 2.45) is 0 Å². The number of fused-ring (bicyclic) bond motifs is 3.